The second kappa shape index (κ2) is 8.12. The summed E-state index contributed by atoms with van der Waals surface area (Å²) in [5.74, 6) is -3.06. The molecule has 0 saturated carbocycles. The fraction of sp³-hybridized carbons (Fsp3) is 0.125. The van der Waals surface area contributed by atoms with Crippen molar-refractivity contribution in [3.05, 3.63) is 140 Å². The van der Waals surface area contributed by atoms with Gasteiger partial charge in [0.15, 0.2) is 11.6 Å². The Bertz CT molecular complexity index is 1620. The predicted octanol–water partition coefficient (Wildman–Crippen LogP) is 6.03. The fourth-order valence-electron chi connectivity index (χ4n) is 6.61. The number of ether oxygens (including phenoxy) is 1. The number of ketones is 4. The lowest BCUT2D eigenvalue weighted by molar-refractivity contribution is -0.0210. The summed E-state index contributed by atoms with van der Waals surface area (Å²) in [5.41, 5.74) is -1.76. The first kappa shape index (κ1) is 23.4. The van der Waals surface area contributed by atoms with Gasteiger partial charge in [-0.3, -0.25) is 19.2 Å². The zero-order chi connectivity index (χ0) is 26.2. The van der Waals surface area contributed by atoms with E-state index >= 15 is 0 Å². The molecule has 0 aromatic heterocycles. The van der Waals surface area contributed by atoms with Gasteiger partial charge in [-0.25, -0.2) is 0 Å². The standard InChI is InChI=1S/C32H19IO5/c33-20-16-14-18(15-17-20)25-31(26(34)21-10-4-5-11-22(21)27(31)35)30(19-8-2-1-3-9-19)38-32(25)28(36)23-12-6-7-13-24(23)29(32)37/h1-17,25,30H/t25-,30+/m0/s1. The van der Waals surface area contributed by atoms with Gasteiger partial charge in [0, 0.05) is 25.8 Å². The smallest absolute Gasteiger partial charge is 0.204 e. The van der Waals surface area contributed by atoms with Gasteiger partial charge in [-0.1, -0.05) is 91.0 Å². The van der Waals surface area contributed by atoms with Crippen molar-refractivity contribution in [3.63, 3.8) is 0 Å². The summed E-state index contributed by atoms with van der Waals surface area (Å²) in [6, 6.07) is 29.5. The molecule has 2 atom stereocenters. The molecule has 184 valence electrons. The average Bonchev–Trinajstić information content (AvgIpc) is 3.48. The van der Waals surface area contributed by atoms with Crippen LogP contribution in [0, 0.1) is 8.99 Å². The lowest BCUT2D eigenvalue weighted by atomic mass is 9.60. The van der Waals surface area contributed by atoms with Crippen molar-refractivity contribution >= 4 is 45.7 Å². The zero-order valence-corrected chi connectivity index (χ0v) is 22.0. The summed E-state index contributed by atoms with van der Waals surface area (Å²) >= 11 is 2.17. The Hall–Kier alpha value is -3.75. The van der Waals surface area contributed by atoms with E-state index in [2.05, 4.69) is 22.6 Å². The van der Waals surface area contributed by atoms with E-state index in [1.807, 2.05) is 18.2 Å². The topological polar surface area (TPSA) is 77.5 Å². The Kier molecular flexibility index (Phi) is 5.00. The molecular weight excluding hydrogens is 591 g/mol. The summed E-state index contributed by atoms with van der Waals surface area (Å²) in [6.07, 6.45) is -1.15. The maximum Gasteiger partial charge on any atom is 0.204 e. The summed E-state index contributed by atoms with van der Waals surface area (Å²) < 4.78 is 7.61. The van der Waals surface area contributed by atoms with Crippen LogP contribution >= 0.6 is 22.6 Å². The molecule has 4 aromatic rings. The molecule has 3 aliphatic rings. The van der Waals surface area contributed by atoms with Crippen LogP contribution in [0.25, 0.3) is 0 Å². The molecule has 38 heavy (non-hydrogen) atoms. The highest BCUT2D eigenvalue weighted by Crippen LogP contribution is 2.67. The quantitative estimate of drug-likeness (QED) is 0.205. The minimum atomic E-state index is -2.07. The molecule has 5 nitrogen and oxygen atoms in total. The second-order valence-corrected chi connectivity index (χ2v) is 11.2. The van der Waals surface area contributed by atoms with Crippen LogP contribution in [0.3, 0.4) is 0 Å². The highest BCUT2D eigenvalue weighted by atomic mass is 127. The predicted molar refractivity (Wildman–Crippen MR) is 148 cm³/mol. The fourth-order valence-corrected chi connectivity index (χ4v) is 6.97. The molecule has 1 fully saturated rings. The minimum Gasteiger partial charge on any atom is -0.348 e. The molecule has 2 aliphatic carbocycles. The second-order valence-electron chi connectivity index (χ2n) is 9.91. The van der Waals surface area contributed by atoms with E-state index in [0.717, 1.165) is 3.57 Å². The summed E-state index contributed by atoms with van der Waals surface area (Å²) in [5, 5.41) is 0. The summed E-state index contributed by atoms with van der Waals surface area (Å²) in [6.45, 7) is 0. The molecule has 1 aliphatic heterocycles. The van der Waals surface area contributed by atoms with E-state index in [1.165, 1.54) is 0 Å². The molecule has 0 amide bonds. The molecule has 0 N–H and O–H groups in total. The van der Waals surface area contributed by atoms with E-state index in [1.54, 1.807) is 84.9 Å². The van der Waals surface area contributed by atoms with Crippen LogP contribution < -0.4 is 0 Å². The van der Waals surface area contributed by atoms with Crippen LogP contribution in [0.15, 0.2) is 103 Å². The molecule has 1 saturated heterocycles. The van der Waals surface area contributed by atoms with Crippen molar-refractivity contribution in [2.45, 2.75) is 17.6 Å². The van der Waals surface area contributed by atoms with Crippen LogP contribution in [-0.4, -0.2) is 28.7 Å². The molecule has 2 spiro atoms. The third-order valence-electron chi connectivity index (χ3n) is 8.14. The van der Waals surface area contributed by atoms with E-state index in [4.69, 9.17) is 4.74 Å². The van der Waals surface area contributed by atoms with E-state index in [9.17, 15) is 19.2 Å². The van der Waals surface area contributed by atoms with Crippen molar-refractivity contribution in [2.75, 3.05) is 0 Å². The number of hydrogen-bond acceptors (Lipinski definition) is 5. The van der Waals surface area contributed by atoms with Crippen LogP contribution in [0.1, 0.15) is 64.6 Å². The van der Waals surface area contributed by atoms with Crippen LogP contribution in [0.5, 0.6) is 0 Å². The Morgan fingerprint density at radius 3 is 1.47 bits per heavy atom. The highest BCUT2D eigenvalue weighted by Gasteiger charge is 2.79. The van der Waals surface area contributed by atoms with Crippen LogP contribution in [-0.2, 0) is 4.74 Å². The van der Waals surface area contributed by atoms with E-state index in [0.29, 0.717) is 11.1 Å². The number of rotatable bonds is 2. The SMILES string of the molecule is O=C1c2ccccc2C(=O)C12O[C@H](c1ccccc1)C1(C(=O)c3ccccc3C1=O)[C@@H]2c1ccc(I)cc1. The van der Waals surface area contributed by atoms with Gasteiger partial charge >= 0.3 is 0 Å². The average molecular weight is 610 g/mol. The van der Waals surface area contributed by atoms with Crippen LogP contribution in [0.2, 0.25) is 0 Å². The summed E-state index contributed by atoms with van der Waals surface area (Å²) in [4.78, 5) is 57.8. The molecule has 1 heterocycles. The molecule has 0 unspecified atom stereocenters. The zero-order valence-electron chi connectivity index (χ0n) is 19.9. The number of hydrogen-bond donors (Lipinski definition) is 0. The van der Waals surface area contributed by atoms with Gasteiger partial charge in [0.05, 0.1) is 5.92 Å². The lowest BCUT2D eigenvalue weighted by Crippen LogP contribution is -2.51. The van der Waals surface area contributed by atoms with Crippen LogP contribution in [0.4, 0.5) is 0 Å². The normalized spacial score (nSPS) is 22.3. The monoisotopic (exact) mass is 610 g/mol. The van der Waals surface area contributed by atoms with Crippen molar-refractivity contribution < 1.29 is 23.9 Å². The van der Waals surface area contributed by atoms with Crippen molar-refractivity contribution in [2.24, 2.45) is 5.41 Å². The van der Waals surface area contributed by atoms with Crippen molar-refractivity contribution in [1.29, 1.82) is 0 Å². The van der Waals surface area contributed by atoms with Gasteiger partial charge in [-0.15, -0.1) is 0 Å². The number of halogens is 1. The molecular formula is C32H19IO5. The van der Waals surface area contributed by atoms with Gasteiger partial charge < -0.3 is 4.74 Å². The lowest BCUT2D eigenvalue weighted by Gasteiger charge is -2.34. The first-order valence-corrected chi connectivity index (χ1v) is 13.4. The van der Waals surface area contributed by atoms with Gasteiger partial charge in [0.25, 0.3) is 0 Å². The molecule has 7 rings (SSSR count). The molecule has 0 bridgehead atoms. The van der Waals surface area contributed by atoms with Gasteiger partial charge in [-0.05, 0) is 45.9 Å². The number of fused-ring (bicyclic) bond motifs is 2. The first-order valence-electron chi connectivity index (χ1n) is 12.3. The van der Waals surface area contributed by atoms with E-state index in [-0.39, 0.29) is 22.3 Å². The van der Waals surface area contributed by atoms with Gasteiger partial charge in [-0.2, -0.15) is 0 Å². The van der Waals surface area contributed by atoms with E-state index < -0.39 is 46.2 Å². The Morgan fingerprint density at radius 1 is 0.526 bits per heavy atom. The number of Topliss-reactive ketones (excluding diaryl/α,β-unsaturated/α-hetero) is 4. The largest absolute Gasteiger partial charge is 0.348 e. The van der Waals surface area contributed by atoms with Gasteiger partial charge in [0.2, 0.25) is 17.2 Å². The number of carbonyl (C=O) groups is 4. The Labute approximate surface area is 232 Å². The first-order chi connectivity index (χ1) is 18.4. The Balaban J connectivity index is 1.59. The highest BCUT2D eigenvalue weighted by molar-refractivity contribution is 14.1. The molecule has 4 aromatic carbocycles. The minimum absolute atomic E-state index is 0.243. The third kappa shape index (κ3) is 2.74. The third-order valence-corrected chi connectivity index (χ3v) is 8.86. The number of carbonyl (C=O) groups excluding carboxylic acids is 4. The van der Waals surface area contributed by atoms with Crippen molar-refractivity contribution in [3.8, 4) is 0 Å². The maximum atomic E-state index is 14.6. The Morgan fingerprint density at radius 2 is 0.974 bits per heavy atom. The summed E-state index contributed by atoms with van der Waals surface area (Å²) in [7, 11) is 0. The maximum absolute atomic E-state index is 14.6. The van der Waals surface area contributed by atoms with Gasteiger partial charge in [0.1, 0.15) is 11.5 Å². The van der Waals surface area contributed by atoms with Crippen molar-refractivity contribution in [1.82, 2.24) is 0 Å². The molecule has 0 radical (unpaired) electrons. The number of benzene rings is 4. The molecule has 6 heteroatoms.